The Hall–Kier alpha value is -1.93. The lowest BCUT2D eigenvalue weighted by atomic mass is 9.98. The minimum atomic E-state index is -3.40. The van der Waals surface area contributed by atoms with E-state index in [1.54, 1.807) is 15.9 Å². The lowest BCUT2D eigenvalue weighted by molar-refractivity contribution is 0.301. The number of hydrogen-bond donors (Lipinski definition) is 0. The Morgan fingerprint density at radius 1 is 1.23 bits per heavy atom. The summed E-state index contributed by atoms with van der Waals surface area (Å²) in [6, 6.07) is 9.21. The van der Waals surface area contributed by atoms with Crippen LogP contribution in [0, 0.1) is 0 Å². The molecule has 0 radical (unpaired) electrons. The summed E-state index contributed by atoms with van der Waals surface area (Å²) in [5, 5.41) is 4.40. The Bertz CT molecular complexity index is 916. The molecule has 0 N–H and O–H groups in total. The Balaban J connectivity index is 1.84. The van der Waals surface area contributed by atoms with Crippen LogP contribution in [0.2, 0.25) is 0 Å². The topological polar surface area (TPSA) is 77.2 Å². The molecule has 3 rings (SSSR count). The first-order chi connectivity index (χ1) is 12.3. The number of sulfonamides is 1. The molecule has 1 aromatic carbocycles. The van der Waals surface area contributed by atoms with Crippen LogP contribution in [0.5, 0.6) is 0 Å². The van der Waals surface area contributed by atoms with Crippen molar-refractivity contribution in [2.45, 2.75) is 44.4 Å². The van der Waals surface area contributed by atoms with E-state index in [9.17, 15) is 13.2 Å². The molecule has 1 aromatic heterocycles. The number of nitrogens with zero attached hydrogens (tertiary/aromatic N) is 4. The van der Waals surface area contributed by atoms with E-state index in [0.29, 0.717) is 18.9 Å². The van der Waals surface area contributed by atoms with Gasteiger partial charge in [-0.3, -0.25) is 4.57 Å². The van der Waals surface area contributed by atoms with Gasteiger partial charge in [0, 0.05) is 32.1 Å². The summed E-state index contributed by atoms with van der Waals surface area (Å²) in [6.07, 6.45) is 1.60. The van der Waals surface area contributed by atoms with Crippen LogP contribution < -0.4 is 5.69 Å². The monoisotopic (exact) mass is 378 g/mol. The van der Waals surface area contributed by atoms with Gasteiger partial charge in [-0.15, -0.1) is 0 Å². The van der Waals surface area contributed by atoms with Crippen molar-refractivity contribution in [3.8, 4) is 0 Å². The maximum atomic E-state index is 12.9. The summed E-state index contributed by atoms with van der Waals surface area (Å²) in [7, 11) is -1.77. The van der Waals surface area contributed by atoms with Crippen molar-refractivity contribution in [3.05, 3.63) is 52.2 Å². The van der Waals surface area contributed by atoms with Gasteiger partial charge >= 0.3 is 5.69 Å². The second kappa shape index (κ2) is 7.36. The molecule has 1 atom stereocenters. The molecule has 0 saturated carbocycles. The molecule has 0 spiro atoms. The summed E-state index contributed by atoms with van der Waals surface area (Å²) in [5.74, 6) is 0.623. The number of hydrogen-bond acceptors (Lipinski definition) is 4. The molecule has 8 heteroatoms. The molecule has 26 heavy (non-hydrogen) atoms. The van der Waals surface area contributed by atoms with Gasteiger partial charge < -0.3 is 0 Å². The summed E-state index contributed by atoms with van der Waals surface area (Å²) in [5.41, 5.74) is 0.630. The highest BCUT2D eigenvalue weighted by Crippen LogP contribution is 2.28. The molecular formula is C18H26N4O3S. The Morgan fingerprint density at radius 2 is 1.92 bits per heavy atom. The van der Waals surface area contributed by atoms with Gasteiger partial charge in [-0.05, 0) is 32.3 Å². The SMILES string of the molecule is CC(C)n1c(C2CCCN(S(=O)(=O)Cc3ccccc3)C2)nn(C)c1=O. The third kappa shape index (κ3) is 3.76. The molecule has 1 aliphatic rings. The highest BCUT2D eigenvalue weighted by atomic mass is 32.2. The van der Waals surface area contributed by atoms with Crippen LogP contribution in [-0.2, 0) is 22.8 Å². The van der Waals surface area contributed by atoms with Crippen LogP contribution in [0.3, 0.4) is 0 Å². The maximum Gasteiger partial charge on any atom is 0.345 e. The van der Waals surface area contributed by atoms with Crippen LogP contribution in [0.15, 0.2) is 35.1 Å². The van der Waals surface area contributed by atoms with Gasteiger partial charge in [0.05, 0.1) is 5.75 Å². The molecular weight excluding hydrogens is 352 g/mol. The van der Waals surface area contributed by atoms with E-state index in [1.165, 1.54) is 4.68 Å². The molecule has 0 aliphatic carbocycles. The number of benzene rings is 1. The minimum Gasteiger partial charge on any atom is -0.276 e. The third-order valence-electron chi connectivity index (χ3n) is 4.83. The lowest BCUT2D eigenvalue weighted by Gasteiger charge is -2.31. The zero-order valence-electron chi connectivity index (χ0n) is 15.5. The number of aryl methyl sites for hydroxylation is 1. The quantitative estimate of drug-likeness (QED) is 0.796. The van der Waals surface area contributed by atoms with Gasteiger partial charge in [0.15, 0.2) is 0 Å². The van der Waals surface area contributed by atoms with Gasteiger partial charge in [0.25, 0.3) is 0 Å². The summed E-state index contributed by atoms with van der Waals surface area (Å²) in [6.45, 7) is 4.78. The van der Waals surface area contributed by atoms with Gasteiger partial charge in [-0.1, -0.05) is 30.3 Å². The van der Waals surface area contributed by atoms with E-state index in [-0.39, 0.29) is 23.4 Å². The Kier molecular flexibility index (Phi) is 5.34. The third-order valence-corrected chi connectivity index (χ3v) is 6.65. The van der Waals surface area contributed by atoms with Crippen LogP contribution in [-0.4, -0.2) is 40.2 Å². The highest BCUT2D eigenvalue weighted by Gasteiger charge is 2.33. The normalized spacial score (nSPS) is 19.2. The molecule has 142 valence electrons. The predicted molar refractivity (Wildman–Crippen MR) is 100 cm³/mol. The molecule has 2 aromatic rings. The molecule has 1 aliphatic heterocycles. The average molecular weight is 378 g/mol. The summed E-state index contributed by atoms with van der Waals surface area (Å²) in [4.78, 5) is 12.3. The van der Waals surface area contributed by atoms with Crippen molar-refractivity contribution < 1.29 is 8.42 Å². The zero-order chi connectivity index (χ0) is 18.9. The fourth-order valence-electron chi connectivity index (χ4n) is 3.54. The minimum absolute atomic E-state index is 0.000234. The van der Waals surface area contributed by atoms with E-state index in [1.807, 2.05) is 44.2 Å². The van der Waals surface area contributed by atoms with E-state index < -0.39 is 10.0 Å². The second-order valence-electron chi connectivity index (χ2n) is 7.17. The van der Waals surface area contributed by atoms with E-state index in [0.717, 1.165) is 18.4 Å². The predicted octanol–water partition coefficient (Wildman–Crippen LogP) is 1.87. The van der Waals surface area contributed by atoms with Gasteiger partial charge in [0.1, 0.15) is 5.82 Å². The number of piperidine rings is 1. The van der Waals surface area contributed by atoms with Crippen molar-refractivity contribution in [1.82, 2.24) is 18.7 Å². The highest BCUT2D eigenvalue weighted by molar-refractivity contribution is 7.88. The molecule has 1 fully saturated rings. The maximum absolute atomic E-state index is 12.9. The molecule has 0 bridgehead atoms. The summed E-state index contributed by atoms with van der Waals surface area (Å²) < 4.78 is 30.3. The van der Waals surface area contributed by atoms with Crippen molar-refractivity contribution in [2.75, 3.05) is 13.1 Å². The van der Waals surface area contributed by atoms with Crippen LogP contribution in [0.1, 0.15) is 50.0 Å². The Labute approximate surface area is 154 Å². The van der Waals surface area contributed by atoms with E-state index in [2.05, 4.69) is 5.10 Å². The molecule has 1 saturated heterocycles. The largest absolute Gasteiger partial charge is 0.345 e. The smallest absolute Gasteiger partial charge is 0.276 e. The fraction of sp³-hybridized carbons (Fsp3) is 0.556. The molecule has 1 unspecified atom stereocenters. The second-order valence-corrected chi connectivity index (χ2v) is 9.14. The van der Waals surface area contributed by atoms with Crippen LogP contribution in [0.4, 0.5) is 0 Å². The standard InChI is InChI=1S/C18H26N4O3S/c1-14(2)22-17(19-20(3)18(22)23)16-10-7-11-21(12-16)26(24,25)13-15-8-5-4-6-9-15/h4-6,8-9,14,16H,7,10-13H2,1-3H3. The van der Waals surface area contributed by atoms with Crippen molar-refractivity contribution >= 4 is 10.0 Å². The first-order valence-corrected chi connectivity index (χ1v) is 10.6. The molecule has 7 nitrogen and oxygen atoms in total. The fourth-order valence-corrected chi connectivity index (χ4v) is 5.15. The first kappa shape index (κ1) is 18.8. The first-order valence-electron chi connectivity index (χ1n) is 8.97. The van der Waals surface area contributed by atoms with Crippen molar-refractivity contribution in [3.63, 3.8) is 0 Å². The summed E-state index contributed by atoms with van der Waals surface area (Å²) >= 11 is 0. The van der Waals surface area contributed by atoms with E-state index >= 15 is 0 Å². The number of aromatic nitrogens is 3. The molecule has 2 heterocycles. The zero-order valence-corrected chi connectivity index (χ0v) is 16.3. The lowest BCUT2D eigenvalue weighted by Crippen LogP contribution is -2.40. The van der Waals surface area contributed by atoms with Gasteiger partial charge in [-0.25, -0.2) is 22.2 Å². The average Bonchev–Trinajstić information content (AvgIpc) is 2.91. The number of rotatable bonds is 5. The van der Waals surface area contributed by atoms with Gasteiger partial charge in [0.2, 0.25) is 10.0 Å². The van der Waals surface area contributed by atoms with Gasteiger partial charge in [-0.2, -0.15) is 5.10 Å². The van der Waals surface area contributed by atoms with Crippen molar-refractivity contribution in [2.24, 2.45) is 7.05 Å². The molecule has 0 amide bonds. The van der Waals surface area contributed by atoms with E-state index in [4.69, 9.17) is 0 Å². The van der Waals surface area contributed by atoms with Crippen LogP contribution >= 0.6 is 0 Å². The van der Waals surface area contributed by atoms with Crippen molar-refractivity contribution in [1.29, 1.82) is 0 Å². The Morgan fingerprint density at radius 3 is 2.58 bits per heavy atom. The van der Waals surface area contributed by atoms with Crippen LogP contribution in [0.25, 0.3) is 0 Å².